The van der Waals surface area contributed by atoms with Gasteiger partial charge in [0, 0.05) is 11.6 Å². The summed E-state index contributed by atoms with van der Waals surface area (Å²) in [6.07, 6.45) is 3.89. The van der Waals surface area contributed by atoms with Crippen LogP contribution in [0.4, 0.5) is 0 Å². The van der Waals surface area contributed by atoms with Gasteiger partial charge in [0.2, 0.25) is 0 Å². The van der Waals surface area contributed by atoms with E-state index in [1.807, 2.05) is 30.3 Å². The highest BCUT2D eigenvalue weighted by Gasteiger charge is 2.53. The lowest BCUT2D eigenvalue weighted by molar-refractivity contribution is -0.0957. The Morgan fingerprint density at radius 3 is 2.75 bits per heavy atom. The van der Waals surface area contributed by atoms with Crippen molar-refractivity contribution in [3.63, 3.8) is 0 Å². The molecular formula is C16H16N2O2. The number of benzene rings is 1. The van der Waals surface area contributed by atoms with Crippen LogP contribution in [0, 0.1) is 5.92 Å². The second-order valence-electron chi connectivity index (χ2n) is 5.92. The molecule has 0 bridgehead atoms. The number of rotatable bonds is 2. The van der Waals surface area contributed by atoms with Gasteiger partial charge < -0.3 is 10.0 Å². The summed E-state index contributed by atoms with van der Waals surface area (Å²) >= 11 is 0. The van der Waals surface area contributed by atoms with Gasteiger partial charge in [-0.15, -0.1) is 0 Å². The second-order valence-corrected chi connectivity index (χ2v) is 5.92. The molecule has 1 saturated carbocycles. The van der Waals surface area contributed by atoms with Crippen LogP contribution in [0.5, 0.6) is 0 Å². The Labute approximate surface area is 117 Å². The first kappa shape index (κ1) is 11.9. The van der Waals surface area contributed by atoms with Crippen LogP contribution in [0.2, 0.25) is 0 Å². The van der Waals surface area contributed by atoms with Crippen molar-refractivity contribution >= 4 is 16.8 Å². The van der Waals surface area contributed by atoms with E-state index >= 15 is 0 Å². The third-order valence-electron chi connectivity index (χ3n) is 4.42. The Morgan fingerprint density at radius 2 is 2.00 bits per heavy atom. The van der Waals surface area contributed by atoms with Crippen molar-refractivity contribution in [2.24, 2.45) is 5.92 Å². The highest BCUT2D eigenvalue weighted by Crippen LogP contribution is 2.44. The SMILES string of the molecule is O=C(c1cccc2cccnc12)N1CC(O)(C2CC2)C1. The van der Waals surface area contributed by atoms with Crippen molar-refractivity contribution in [1.82, 2.24) is 9.88 Å². The fraction of sp³-hybridized carbons (Fsp3) is 0.375. The van der Waals surface area contributed by atoms with Gasteiger partial charge in [-0.05, 0) is 30.9 Å². The van der Waals surface area contributed by atoms with Crippen LogP contribution in [0.1, 0.15) is 23.2 Å². The summed E-state index contributed by atoms with van der Waals surface area (Å²) in [7, 11) is 0. The van der Waals surface area contributed by atoms with Gasteiger partial charge >= 0.3 is 0 Å². The monoisotopic (exact) mass is 268 g/mol. The number of β-amino-alcohol motifs (C(OH)–C–C–N with tert-alkyl or cyclic N) is 1. The van der Waals surface area contributed by atoms with Crippen molar-refractivity contribution in [2.75, 3.05) is 13.1 Å². The quantitative estimate of drug-likeness (QED) is 0.904. The number of fused-ring (bicyclic) bond motifs is 1. The lowest BCUT2D eigenvalue weighted by atomic mass is 9.88. The predicted octanol–water partition coefficient (Wildman–Crippen LogP) is 1.83. The summed E-state index contributed by atoms with van der Waals surface area (Å²) < 4.78 is 0. The van der Waals surface area contributed by atoms with Crippen molar-refractivity contribution in [3.8, 4) is 0 Å². The third kappa shape index (κ3) is 1.72. The number of pyridine rings is 1. The van der Waals surface area contributed by atoms with Gasteiger partial charge in [0.25, 0.3) is 5.91 Å². The van der Waals surface area contributed by atoms with E-state index in [4.69, 9.17) is 0 Å². The minimum atomic E-state index is -0.631. The Balaban J connectivity index is 1.62. The fourth-order valence-corrected chi connectivity index (χ4v) is 3.08. The van der Waals surface area contributed by atoms with E-state index in [1.54, 1.807) is 11.1 Å². The van der Waals surface area contributed by atoms with Gasteiger partial charge in [0.1, 0.15) is 5.60 Å². The van der Waals surface area contributed by atoms with Gasteiger partial charge in [-0.2, -0.15) is 0 Å². The number of aromatic nitrogens is 1. The van der Waals surface area contributed by atoms with Gasteiger partial charge in [0.05, 0.1) is 24.2 Å². The van der Waals surface area contributed by atoms with Crippen LogP contribution in [-0.2, 0) is 0 Å². The largest absolute Gasteiger partial charge is 0.386 e. The summed E-state index contributed by atoms with van der Waals surface area (Å²) in [5, 5.41) is 11.3. The summed E-state index contributed by atoms with van der Waals surface area (Å²) in [6, 6.07) is 9.47. The Morgan fingerprint density at radius 1 is 1.25 bits per heavy atom. The van der Waals surface area contributed by atoms with Gasteiger partial charge in [0.15, 0.2) is 0 Å². The number of para-hydroxylation sites is 1. The molecule has 102 valence electrons. The summed E-state index contributed by atoms with van der Waals surface area (Å²) in [6.45, 7) is 0.916. The lowest BCUT2D eigenvalue weighted by Crippen LogP contribution is -2.64. The van der Waals surface area contributed by atoms with E-state index in [2.05, 4.69) is 4.98 Å². The molecule has 2 heterocycles. The lowest BCUT2D eigenvalue weighted by Gasteiger charge is -2.47. The zero-order chi connectivity index (χ0) is 13.7. The molecule has 0 spiro atoms. The number of hydrogen-bond acceptors (Lipinski definition) is 3. The Bertz CT molecular complexity index is 682. The van der Waals surface area contributed by atoms with Gasteiger partial charge in [-0.3, -0.25) is 9.78 Å². The highest BCUT2D eigenvalue weighted by molar-refractivity contribution is 6.05. The fourth-order valence-electron chi connectivity index (χ4n) is 3.08. The zero-order valence-electron chi connectivity index (χ0n) is 11.1. The molecule has 2 aromatic rings. The predicted molar refractivity (Wildman–Crippen MR) is 75.3 cm³/mol. The number of amides is 1. The summed E-state index contributed by atoms with van der Waals surface area (Å²) in [5.41, 5.74) is 0.732. The molecule has 0 unspecified atom stereocenters. The van der Waals surface area contributed by atoms with Crippen LogP contribution in [-0.4, -0.2) is 39.6 Å². The average molecular weight is 268 g/mol. The number of carbonyl (C=O) groups is 1. The van der Waals surface area contributed by atoms with E-state index in [1.165, 1.54) is 0 Å². The van der Waals surface area contributed by atoms with Crippen molar-refractivity contribution in [2.45, 2.75) is 18.4 Å². The number of hydrogen-bond donors (Lipinski definition) is 1. The van der Waals surface area contributed by atoms with E-state index in [-0.39, 0.29) is 5.91 Å². The summed E-state index contributed by atoms with van der Waals surface area (Å²) in [4.78, 5) is 18.6. The molecule has 4 rings (SSSR count). The molecule has 1 aromatic heterocycles. The minimum Gasteiger partial charge on any atom is -0.386 e. The van der Waals surface area contributed by atoms with Crippen molar-refractivity contribution < 1.29 is 9.90 Å². The number of aliphatic hydroxyl groups is 1. The number of carbonyl (C=O) groups excluding carboxylic acids is 1. The molecule has 4 heteroatoms. The minimum absolute atomic E-state index is 0.0281. The molecule has 2 fully saturated rings. The van der Waals surface area contributed by atoms with Crippen LogP contribution in [0.25, 0.3) is 10.9 Å². The van der Waals surface area contributed by atoms with E-state index < -0.39 is 5.60 Å². The molecule has 1 aromatic carbocycles. The van der Waals surface area contributed by atoms with Crippen LogP contribution >= 0.6 is 0 Å². The standard InChI is InChI=1S/C16H16N2O2/c19-15(18-9-16(20,10-18)12-6-7-12)13-5-1-3-11-4-2-8-17-14(11)13/h1-5,8,12,20H,6-7,9-10H2. The maximum absolute atomic E-state index is 12.5. The smallest absolute Gasteiger partial charge is 0.256 e. The molecular weight excluding hydrogens is 252 g/mol. The molecule has 1 saturated heterocycles. The molecule has 20 heavy (non-hydrogen) atoms. The van der Waals surface area contributed by atoms with Crippen molar-refractivity contribution in [1.29, 1.82) is 0 Å². The van der Waals surface area contributed by atoms with Crippen LogP contribution in [0.3, 0.4) is 0 Å². The highest BCUT2D eigenvalue weighted by atomic mass is 16.3. The van der Waals surface area contributed by atoms with Crippen LogP contribution < -0.4 is 0 Å². The first-order valence-electron chi connectivity index (χ1n) is 7.03. The van der Waals surface area contributed by atoms with E-state index in [9.17, 15) is 9.90 Å². The first-order chi connectivity index (χ1) is 9.67. The molecule has 1 aliphatic carbocycles. The van der Waals surface area contributed by atoms with E-state index in [0.29, 0.717) is 24.6 Å². The Hall–Kier alpha value is -1.94. The van der Waals surface area contributed by atoms with Gasteiger partial charge in [-0.1, -0.05) is 18.2 Å². The molecule has 1 amide bonds. The summed E-state index contributed by atoms with van der Waals surface area (Å²) in [5.74, 6) is 0.372. The average Bonchev–Trinajstić information content (AvgIpc) is 3.27. The molecule has 2 aliphatic rings. The van der Waals surface area contributed by atoms with Crippen LogP contribution in [0.15, 0.2) is 36.5 Å². The normalized spacial score (nSPS) is 20.8. The number of likely N-dealkylation sites (tertiary alicyclic amines) is 1. The van der Waals surface area contributed by atoms with E-state index in [0.717, 1.165) is 23.7 Å². The topological polar surface area (TPSA) is 53.4 Å². The maximum atomic E-state index is 12.5. The second kappa shape index (κ2) is 4.03. The first-order valence-corrected chi connectivity index (χ1v) is 7.03. The molecule has 0 atom stereocenters. The molecule has 1 N–H and O–H groups in total. The van der Waals surface area contributed by atoms with Gasteiger partial charge in [-0.25, -0.2) is 0 Å². The molecule has 0 radical (unpaired) electrons. The zero-order valence-corrected chi connectivity index (χ0v) is 11.1. The van der Waals surface area contributed by atoms with Crippen molar-refractivity contribution in [3.05, 3.63) is 42.1 Å². The third-order valence-corrected chi connectivity index (χ3v) is 4.42. The molecule has 1 aliphatic heterocycles. The Kier molecular flexibility index (Phi) is 2.39. The maximum Gasteiger partial charge on any atom is 0.256 e. The number of nitrogens with zero attached hydrogens (tertiary/aromatic N) is 2. The molecule has 4 nitrogen and oxygen atoms in total.